The van der Waals surface area contributed by atoms with Crippen molar-refractivity contribution in [3.63, 3.8) is 0 Å². The van der Waals surface area contributed by atoms with E-state index in [0.29, 0.717) is 12.0 Å². The molecule has 0 bridgehead atoms. The molecule has 0 saturated heterocycles. The molecule has 0 aliphatic heterocycles. The lowest BCUT2D eigenvalue weighted by Crippen LogP contribution is -2.30. The van der Waals surface area contributed by atoms with E-state index < -0.39 is 0 Å². The van der Waals surface area contributed by atoms with Crippen LogP contribution in [0.3, 0.4) is 0 Å². The fourth-order valence-electron chi connectivity index (χ4n) is 3.20. The summed E-state index contributed by atoms with van der Waals surface area (Å²) in [6.45, 7) is 0. The van der Waals surface area contributed by atoms with E-state index in [1.807, 2.05) is 6.07 Å². The van der Waals surface area contributed by atoms with Crippen molar-refractivity contribution in [2.75, 3.05) is 5.32 Å². The Morgan fingerprint density at radius 3 is 2.52 bits per heavy atom. The van der Waals surface area contributed by atoms with Crippen LogP contribution in [0.4, 0.5) is 5.69 Å². The highest BCUT2D eigenvalue weighted by molar-refractivity contribution is 9.10. The van der Waals surface area contributed by atoms with E-state index >= 15 is 0 Å². The van der Waals surface area contributed by atoms with E-state index in [1.165, 1.54) is 31.2 Å². The maximum absolute atomic E-state index is 6.07. The summed E-state index contributed by atoms with van der Waals surface area (Å²) in [6, 6.07) is 17.4. The lowest BCUT2D eigenvalue weighted by atomic mass is 9.80. The van der Waals surface area contributed by atoms with Gasteiger partial charge in [0.1, 0.15) is 0 Å². The number of anilines is 1. The minimum atomic E-state index is 0.495. The fraction of sp³-hybridized carbons (Fsp3) is 0.333. The average molecular weight is 365 g/mol. The molecule has 1 aliphatic carbocycles. The van der Waals surface area contributed by atoms with E-state index in [2.05, 4.69) is 63.7 Å². The SMILES string of the molecule is Clc1ccc(NC2CCCCC2c2ccccc2)cc1Br. The highest BCUT2D eigenvalue weighted by atomic mass is 79.9. The van der Waals surface area contributed by atoms with E-state index in [1.54, 1.807) is 0 Å². The van der Waals surface area contributed by atoms with Crippen LogP contribution in [-0.4, -0.2) is 6.04 Å². The zero-order valence-corrected chi connectivity index (χ0v) is 14.2. The summed E-state index contributed by atoms with van der Waals surface area (Å²) in [5, 5.41) is 4.46. The van der Waals surface area contributed by atoms with Gasteiger partial charge in [-0.15, -0.1) is 0 Å². The number of hydrogen-bond acceptors (Lipinski definition) is 1. The molecule has 1 aliphatic rings. The first-order chi connectivity index (χ1) is 10.2. The minimum absolute atomic E-state index is 0.495. The normalized spacial score (nSPS) is 22.0. The zero-order valence-electron chi connectivity index (χ0n) is 11.9. The predicted octanol–water partition coefficient (Wildman–Crippen LogP) is 6.24. The van der Waals surface area contributed by atoms with Gasteiger partial charge in [0.15, 0.2) is 0 Å². The number of hydrogen-bond donors (Lipinski definition) is 1. The van der Waals surface area contributed by atoms with Crippen molar-refractivity contribution >= 4 is 33.2 Å². The van der Waals surface area contributed by atoms with Gasteiger partial charge >= 0.3 is 0 Å². The van der Waals surface area contributed by atoms with Crippen LogP contribution < -0.4 is 5.32 Å². The molecule has 1 nitrogen and oxygen atoms in total. The monoisotopic (exact) mass is 363 g/mol. The summed E-state index contributed by atoms with van der Waals surface area (Å²) >= 11 is 9.57. The standard InChI is InChI=1S/C18H19BrClN/c19-16-12-14(10-11-17(16)20)21-18-9-5-4-8-15(18)13-6-2-1-3-7-13/h1-3,6-7,10-12,15,18,21H,4-5,8-9H2. The lowest BCUT2D eigenvalue weighted by Gasteiger charge is -2.33. The summed E-state index contributed by atoms with van der Waals surface area (Å²) in [5.74, 6) is 0.592. The largest absolute Gasteiger partial charge is 0.382 e. The third-order valence-electron chi connectivity index (χ3n) is 4.27. The van der Waals surface area contributed by atoms with Gasteiger partial charge in [0.2, 0.25) is 0 Å². The second-order valence-electron chi connectivity index (χ2n) is 5.68. The number of halogens is 2. The second kappa shape index (κ2) is 6.85. The molecule has 1 N–H and O–H groups in total. The molecular formula is C18H19BrClN. The van der Waals surface area contributed by atoms with Crippen LogP contribution in [-0.2, 0) is 0 Å². The molecule has 1 saturated carbocycles. The van der Waals surface area contributed by atoms with Crippen molar-refractivity contribution in [3.05, 3.63) is 63.6 Å². The zero-order chi connectivity index (χ0) is 14.7. The second-order valence-corrected chi connectivity index (χ2v) is 6.94. The summed E-state index contributed by atoms with van der Waals surface area (Å²) in [6.07, 6.45) is 5.11. The minimum Gasteiger partial charge on any atom is -0.382 e. The Morgan fingerprint density at radius 1 is 1.00 bits per heavy atom. The maximum atomic E-state index is 6.07. The molecule has 2 aromatic carbocycles. The van der Waals surface area contributed by atoms with Crippen molar-refractivity contribution < 1.29 is 0 Å². The molecule has 2 atom stereocenters. The Kier molecular flexibility index (Phi) is 4.87. The van der Waals surface area contributed by atoms with Crippen LogP contribution >= 0.6 is 27.5 Å². The van der Waals surface area contributed by atoms with Crippen molar-refractivity contribution in [2.24, 2.45) is 0 Å². The van der Waals surface area contributed by atoms with Gasteiger partial charge in [-0.25, -0.2) is 0 Å². The Morgan fingerprint density at radius 2 is 1.76 bits per heavy atom. The third kappa shape index (κ3) is 3.61. The molecule has 3 rings (SSSR count). The van der Waals surface area contributed by atoms with Crippen molar-refractivity contribution in [2.45, 2.75) is 37.6 Å². The van der Waals surface area contributed by atoms with Crippen LogP contribution in [0.1, 0.15) is 37.2 Å². The van der Waals surface area contributed by atoms with Crippen LogP contribution in [0.25, 0.3) is 0 Å². The quantitative estimate of drug-likeness (QED) is 0.679. The molecule has 0 spiro atoms. The highest BCUT2D eigenvalue weighted by Gasteiger charge is 2.26. The third-order valence-corrected chi connectivity index (χ3v) is 5.48. The van der Waals surface area contributed by atoms with E-state index in [0.717, 1.165) is 15.2 Å². The van der Waals surface area contributed by atoms with Gasteiger partial charge in [0, 0.05) is 22.1 Å². The van der Waals surface area contributed by atoms with Gasteiger partial charge < -0.3 is 5.32 Å². The van der Waals surface area contributed by atoms with E-state index in [4.69, 9.17) is 11.6 Å². The molecule has 0 heterocycles. The van der Waals surface area contributed by atoms with E-state index in [-0.39, 0.29) is 0 Å². The molecule has 2 unspecified atom stereocenters. The van der Waals surface area contributed by atoms with Crippen LogP contribution in [0.2, 0.25) is 5.02 Å². The number of rotatable bonds is 3. The fourth-order valence-corrected chi connectivity index (χ4v) is 3.70. The lowest BCUT2D eigenvalue weighted by molar-refractivity contribution is 0.405. The smallest absolute Gasteiger partial charge is 0.0549 e. The molecule has 0 aromatic heterocycles. The Hall–Kier alpha value is -0.990. The Balaban J connectivity index is 1.79. The topological polar surface area (TPSA) is 12.0 Å². The van der Waals surface area contributed by atoms with Crippen LogP contribution in [0.15, 0.2) is 53.0 Å². The first-order valence-electron chi connectivity index (χ1n) is 7.50. The Labute approximate surface area is 139 Å². The van der Waals surface area contributed by atoms with Gasteiger partial charge in [-0.1, -0.05) is 54.8 Å². The molecular weight excluding hydrogens is 346 g/mol. The summed E-state index contributed by atoms with van der Waals surface area (Å²) in [4.78, 5) is 0. The highest BCUT2D eigenvalue weighted by Crippen LogP contribution is 2.35. The predicted molar refractivity (Wildman–Crippen MR) is 94.2 cm³/mol. The van der Waals surface area contributed by atoms with Crippen LogP contribution in [0, 0.1) is 0 Å². The molecule has 1 fully saturated rings. The maximum Gasteiger partial charge on any atom is 0.0549 e. The Bertz CT molecular complexity index is 599. The van der Waals surface area contributed by atoms with Gasteiger partial charge in [-0.3, -0.25) is 0 Å². The number of benzene rings is 2. The summed E-state index contributed by atoms with van der Waals surface area (Å²) in [5.41, 5.74) is 2.59. The molecule has 0 radical (unpaired) electrons. The van der Waals surface area contributed by atoms with Gasteiger partial charge in [0.05, 0.1) is 5.02 Å². The van der Waals surface area contributed by atoms with E-state index in [9.17, 15) is 0 Å². The first kappa shape index (κ1) is 14.9. The van der Waals surface area contributed by atoms with Crippen molar-refractivity contribution in [1.29, 1.82) is 0 Å². The molecule has 110 valence electrons. The summed E-state index contributed by atoms with van der Waals surface area (Å²) < 4.78 is 0.946. The number of nitrogens with one attached hydrogen (secondary N) is 1. The average Bonchev–Trinajstić information content (AvgIpc) is 2.52. The molecule has 21 heavy (non-hydrogen) atoms. The van der Waals surface area contributed by atoms with Gasteiger partial charge in [-0.2, -0.15) is 0 Å². The summed E-state index contributed by atoms with van der Waals surface area (Å²) in [7, 11) is 0. The molecule has 3 heteroatoms. The van der Waals surface area contributed by atoms with Crippen molar-refractivity contribution in [3.8, 4) is 0 Å². The first-order valence-corrected chi connectivity index (χ1v) is 8.67. The molecule has 0 amide bonds. The van der Waals surface area contributed by atoms with Gasteiger partial charge in [-0.05, 0) is 52.5 Å². The van der Waals surface area contributed by atoms with Crippen molar-refractivity contribution in [1.82, 2.24) is 0 Å². The van der Waals surface area contributed by atoms with Gasteiger partial charge in [0.25, 0.3) is 0 Å². The van der Waals surface area contributed by atoms with Crippen LogP contribution in [0.5, 0.6) is 0 Å². The molecule has 2 aromatic rings.